The molecule has 0 N–H and O–H groups in total. The molecular weight excluding hydrogens is 184 g/mol. The predicted octanol–water partition coefficient (Wildman–Crippen LogP) is 4.28. The molecule has 0 aromatic carbocycles. The first-order valence-electron chi connectivity index (χ1n) is 4.89. The highest BCUT2D eigenvalue weighted by Gasteiger charge is 2.04. The molecule has 70 valence electrons. The molecule has 1 heterocycles. The zero-order valence-corrected chi connectivity index (χ0v) is 9.48. The minimum absolute atomic E-state index is 1.29. The van der Waals surface area contributed by atoms with Gasteiger partial charge in [-0.25, -0.2) is 0 Å². The van der Waals surface area contributed by atoms with Crippen LogP contribution < -0.4 is 0 Å². The number of thioether (sulfide) groups is 2. The zero-order chi connectivity index (χ0) is 8.65. The Kier molecular flexibility index (Phi) is 6.05. The summed E-state index contributed by atoms with van der Waals surface area (Å²) in [5.41, 5.74) is 0. The van der Waals surface area contributed by atoms with Gasteiger partial charge >= 0.3 is 0 Å². The summed E-state index contributed by atoms with van der Waals surface area (Å²) in [5, 5.41) is 0. The molecule has 1 saturated heterocycles. The van der Waals surface area contributed by atoms with Crippen molar-refractivity contribution in [2.45, 2.75) is 39.0 Å². The standard InChI is InChI=1S/C10H18S2/c1-2-3-4-5-7-10-11-8-6-9-12-10/h7H,2-6,8-9H2,1H3. The third-order valence-corrected chi connectivity index (χ3v) is 4.49. The van der Waals surface area contributed by atoms with E-state index in [1.165, 1.54) is 43.6 Å². The van der Waals surface area contributed by atoms with Crippen LogP contribution in [0.4, 0.5) is 0 Å². The summed E-state index contributed by atoms with van der Waals surface area (Å²) in [7, 11) is 0. The summed E-state index contributed by atoms with van der Waals surface area (Å²) < 4.78 is 1.58. The van der Waals surface area contributed by atoms with Gasteiger partial charge in [0.15, 0.2) is 0 Å². The molecular formula is C10H18S2. The first-order chi connectivity index (χ1) is 5.93. The third kappa shape index (κ3) is 4.46. The molecule has 0 aromatic heterocycles. The van der Waals surface area contributed by atoms with Gasteiger partial charge in [-0.2, -0.15) is 0 Å². The molecule has 0 atom stereocenters. The summed E-state index contributed by atoms with van der Waals surface area (Å²) in [6.45, 7) is 2.26. The molecule has 0 spiro atoms. The maximum Gasteiger partial charge on any atom is 0.0360 e. The lowest BCUT2D eigenvalue weighted by Crippen LogP contribution is -1.91. The second-order valence-electron chi connectivity index (χ2n) is 3.07. The molecule has 0 nitrogen and oxygen atoms in total. The van der Waals surface area contributed by atoms with E-state index in [9.17, 15) is 0 Å². The summed E-state index contributed by atoms with van der Waals surface area (Å²) in [6.07, 6.45) is 9.22. The van der Waals surface area contributed by atoms with Gasteiger partial charge in [0.05, 0.1) is 0 Å². The van der Waals surface area contributed by atoms with E-state index < -0.39 is 0 Å². The Labute approximate surface area is 84.6 Å². The van der Waals surface area contributed by atoms with Crippen molar-refractivity contribution in [3.05, 3.63) is 10.3 Å². The third-order valence-electron chi connectivity index (χ3n) is 1.90. The van der Waals surface area contributed by atoms with Crippen molar-refractivity contribution in [2.24, 2.45) is 0 Å². The van der Waals surface area contributed by atoms with Crippen molar-refractivity contribution in [3.8, 4) is 0 Å². The van der Waals surface area contributed by atoms with Crippen LogP contribution in [0.5, 0.6) is 0 Å². The maximum atomic E-state index is 2.43. The fraction of sp³-hybridized carbons (Fsp3) is 0.800. The average Bonchev–Trinajstić information content (AvgIpc) is 2.14. The van der Waals surface area contributed by atoms with Crippen molar-refractivity contribution in [3.63, 3.8) is 0 Å². The largest absolute Gasteiger partial charge is 0.120 e. The van der Waals surface area contributed by atoms with Gasteiger partial charge in [0, 0.05) is 4.24 Å². The Morgan fingerprint density at radius 3 is 2.67 bits per heavy atom. The van der Waals surface area contributed by atoms with E-state index in [1.54, 1.807) is 4.24 Å². The molecule has 12 heavy (non-hydrogen) atoms. The maximum absolute atomic E-state index is 2.43. The second kappa shape index (κ2) is 6.90. The van der Waals surface area contributed by atoms with Gasteiger partial charge in [0.25, 0.3) is 0 Å². The van der Waals surface area contributed by atoms with Gasteiger partial charge in [-0.05, 0) is 30.8 Å². The lowest BCUT2D eigenvalue weighted by atomic mass is 10.2. The number of hydrogen-bond donors (Lipinski definition) is 0. The molecule has 1 fully saturated rings. The Balaban J connectivity index is 2.08. The van der Waals surface area contributed by atoms with Crippen LogP contribution in [0.3, 0.4) is 0 Å². The van der Waals surface area contributed by atoms with E-state index in [1.807, 2.05) is 23.5 Å². The molecule has 0 aromatic rings. The Morgan fingerprint density at radius 1 is 1.25 bits per heavy atom. The van der Waals surface area contributed by atoms with Crippen LogP contribution in [0.15, 0.2) is 10.3 Å². The first kappa shape index (κ1) is 10.5. The summed E-state index contributed by atoms with van der Waals surface area (Å²) in [4.78, 5) is 0. The lowest BCUT2D eigenvalue weighted by Gasteiger charge is -2.11. The number of unbranched alkanes of at least 4 members (excludes halogenated alkanes) is 3. The molecule has 0 bridgehead atoms. The van der Waals surface area contributed by atoms with Crippen molar-refractivity contribution in [1.29, 1.82) is 0 Å². The second-order valence-corrected chi connectivity index (χ2v) is 5.60. The van der Waals surface area contributed by atoms with E-state index in [-0.39, 0.29) is 0 Å². The van der Waals surface area contributed by atoms with Crippen molar-refractivity contribution < 1.29 is 0 Å². The van der Waals surface area contributed by atoms with E-state index in [4.69, 9.17) is 0 Å². The Hall–Kier alpha value is 0.440. The van der Waals surface area contributed by atoms with E-state index in [2.05, 4.69) is 13.0 Å². The summed E-state index contributed by atoms with van der Waals surface area (Å²) in [5.74, 6) is 2.68. The van der Waals surface area contributed by atoms with Crippen LogP contribution in [0.1, 0.15) is 39.0 Å². The molecule has 0 unspecified atom stereocenters. The van der Waals surface area contributed by atoms with Gasteiger partial charge in [0.1, 0.15) is 0 Å². The highest BCUT2D eigenvalue weighted by molar-refractivity contribution is 8.22. The van der Waals surface area contributed by atoms with Gasteiger partial charge in [0.2, 0.25) is 0 Å². The van der Waals surface area contributed by atoms with Crippen molar-refractivity contribution >= 4 is 23.5 Å². The smallest absolute Gasteiger partial charge is 0.0360 e. The van der Waals surface area contributed by atoms with Crippen LogP contribution in [0.2, 0.25) is 0 Å². The monoisotopic (exact) mass is 202 g/mol. The van der Waals surface area contributed by atoms with Crippen LogP contribution in [0, 0.1) is 0 Å². The van der Waals surface area contributed by atoms with E-state index in [0.29, 0.717) is 0 Å². The van der Waals surface area contributed by atoms with Crippen LogP contribution in [0.25, 0.3) is 0 Å². The molecule has 0 amide bonds. The number of allylic oxidation sites excluding steroid dienone is 1. The summed E-state index contributed by atoms with van der Waals surface area (Å²) >= 11 is 4.09. The van der Waals surface area contributed by atoms with Crippen LogP contribution in [-0.4, -0.2) is 11.5 Å². The SMILES string of the molecule is CCCCCC=C1SCCCS1. The Morgan fingerprint density at radius 2 is 2.00 bits per heavy atom. The fourth-order valence-electron chi connectivity index (χ4n) is 1.18. The highest BCUT2D eigenvalue weighted by Crippen LogP contribution is 2.34. The summed E-state index contributed by atoms with van der Waals surface area (Å²) in [6, 6.07) is 0. The van der Waals surface area contributed by atoms with Gasteiger partial charge in [-0.1, -0.05) is 25.8 Å². The van der Waals surface area contributed by atoms with Crippen LogP contribution in [-0.2, 0) is 0 Å². The fourth-order valence-corrected chi connectivity index (χ4v) is 3.65. The molecule has 1 rings (SSSR count). The topological polar surface area (TPSA) is 0 Å². The van der Waals surface area contributed by atoms with Crippen molar-refractivity contribution in [2.75, 3.05) is 11.5 Å². The van der Waals surface area contributed by atoms with E-state index in [0.717, 1.165) is 0 Å². The molecule has 0 aliphatic carbocycles. The van der Waals surface area contributed by atoms with E-state index >= 15 is 0 Å². The van der Waals surface area contributed by atoms with Crippen LogP contribution >= 0.6 is 23.5 Å². The number of hydrogen-bond acceptors (Lipinski definition) is 2. The molecule has 2 heteroatoms. The molecule has 1 aliphatic heterocycles. The minimum Gasteiger partial charge on any atom is -0.120 e. The highest BCUT2D eigenvalue weighted by atomic mass is 32.2. The molecule has 0 radical (unpaired) electrons. The van der Waals surface area contributed by atoms with Gasteiger partial charge in [-0.15, -0.1) is 23.5 Å². The minimum atomic E-state index is 1.29. The Bertz CT molecular complexity index is 133. The lowest BCUT2D eigenvalue weighted by molar-refractivity contribution is 0.729. The normalized spacial score (nSPS) is 17.9. The first-order valence-corrected chi connectivity index (χ1v) is 6.86. The van der Waals surface area contributed by atoms with Crippen molar-refractivity contribution in [1.82, 2.24) is 0 Å². The predicted molar refractivity (Wildman–Crippen MR) is 61.8 cm³/mol. The quantitative estimate of drug-likeness (QED) is 0.624. The zero-order valence-electron chi connectivity index (χ0n) is 7.84. The van der Waals surface area contributed by atoms with Gasteiger partial charge < -0.3 is 0 Å². The average molecular weight is 202 g/mol. The van der Waals surface area contributed by atoms with Gasteiger partial charge in [-0.3, -0.25) is 0 Å². The molecule has 1 aliphatic rings. The number of rotatable bonds is 4. The molecule has 0 saturated carbocycles.